The molecule has 0 unspecified atom stereocenters. The molecular formula is C31H27FN6O4. The van der Waals surface area contributed by atoms with Gasteiger partial charge in [-0.2, -0.15) is 5.26 Å². The van der Waals surface area contributed by atoms with E-state index >= 15 is 0 Å². The molecule has 1 saturated heterocycles. The quantitative estimate of drug-likeness (QED) is 0.258. The van der Waals surface area contributed by atoms with Crippen LogP contribution < -0.4 is 4.74 Å². The van der Waals surface area contributed by atoms with Gasteiger partial charge in [-0.1, -0.05) is 6.07 Å². The maximum atomic E-state index is 14.2. The van der Waals surface area contributed by atoms with Crippen LogP contribution in [0.3, 0.4) is 0 Å². The fourth-order valence-electron chi connectivity index (χ4n) is 5.29. The van der Waals surface area contributed by atoms with Gasteiger partial charge in [-0.25, -0.2) is 19.2 Å². The lowest BCUT2D eigenvalue weighted by Crippen LogP contribution is -2.33. The average Bonchev–Trinajstić information content (AvgIpc) is 3.65. The summed E-state index contributed by atoms with van der Waals surface area (Å²) in [6, 6.07) is 14.9. The van der Waals surface area contributed by atoms with Crippen LogP contribution in [0.15, 0.2) is 71.6 Å². The first-order chi connectivity index (χ1) is 20.5. The van der Waals surface area contributed by atoms with Crippen molar-refractivity contribution in [2.24, 2.45) is 0 Å². The van der Waals surface area contributed by atoms with Gasteiger partial charge in [0.2, 0.25) is 5.89 Å². The smallest absolute Gasteiger partial charge is 0.335 e. The lowest BCUT2D eigenvalue weighted by molar-refractivity contribution is 0.0697. The van der Waals surface area contributed by atoms with Gasteiger partial charge in [-0.05, 0) is 62.3 Å². The molecule has 2 aromatic carbocycles. The molecule has 1 aliphatic rings. The number of nitriles is 1. The van der Waals surface area contributed by atoms with Crippen molar-refractivity contribution in [3.05, 3.63) is 107 Å². The molecule has 0 aliphatic carbocycles. The van der Waals surface area contributed by atoms with Crippen LogP contribution in [0, 0.1) is 17.1 Å². The van der Waals surface area contributed by atoms with Crippen molar-refractivity contribution in [3.63, 3.8) is 0 Å². The highest BCUT2D eigenvalue weighted by Crippen LogP contribution is 2.30. The van der Waals surface area contributed by atoms with E-state index < -0.39 is 11.8 Å². The Labute approximate surface area is 240 Å². The van der Waals surface area contributed by atoms with Gasteiger partial charge in [0.05, 0.1) is 41.0 Å². The summed E-state index contributed by atoms with van der Waals surface area (Å²) in [6.45, 7) is 2.66. The molecule has 0 radical (unpaired) electrons. The number of hydrogen-bond acceptors (Lipinski definition) is 8. The van der Waals surface area contributed by atoms with Crippen LogP contribution in [0.4, 0.5) is 4.39 Å². The average molecular weight is 567 g/mol. The van der Waals surface area contributed by atoms with Gasteiger partial charge < -0.3 is 18.8 Å². The molecule has 0 amide bonds. The molecule has 0 atom stereocenters. The Kier molecular flexibility index (Phi) is 7.62. The monoisotopic (exact) mass is 566 g/mol. The number of fused-ring (bicyclic) bond motifs is 1. The molecule has 42 heavy (non-hydrogen) atoms. The minimum Gasteiger partial charge on any atom is -0.489 e. The number of carbonyl (C=O) groups is 1. The first-order valence-electron chi connectivity index (χ1n) is 13.6. The van der Waals surface area contributed by atoms with Crippen LogP contribution in [0.1, 0.15) is 57.7 Å². The second-order valence-electron chi connectivity index (χ2n) is 10.2. The van der Waals surface area contributed by atoms with Crippen molar-refractivity contribution in [1.82, 2.24) is 24.4 Å². The van der Waals surface area contributed by atoms with Crippen LogP contribution in [0.5, 0.6) is 5.75 Å². The third kappa shape index (κ3) is 5.84. The summed E-state index contributed by atoms with van der Waals surface area (Å²) < 4.78 is 27.5. The molecule has 212 valence electrons. The molecule has 1 fully saturated rings. The standard InChI is InChI=1S/C31H27FN6O4/c32-25-13-20(16-33)1-2-23(25)19-42-24-5-8-34-27(15-24)21-6-10-37(11-7-21)17-29-36-26-4-3-22(31(39)40)14-28(26)38(29)18-30-35-9-12-41-30/h1-5,8-9,12-15,21H,6-7,10-11,17-19H2,(H,39,40). The highest BCUT2D eigenvalue weighted by molar-refractivity contribution is 5.92. The van der Waals surface area contributed by atoms with Crippen molar-refractivity contribution >= 4 is 17.0 Å². The number of piperidine rings is 1. The highest BCUT2D eigenvalue weighted by Gasteiger charge is 2.24. The maximum Gasteiger partial charge on any atom is 0.335 e. The second kappa shape index (κ2) is 11.8. The minimum atomic E-state index is -0.992. The Morgan fingerprint density at radius 2 is 1.95 bits per heavy atom. The lowest BCUT2D eigenvalue weighted by atomic mass is 9.93. The molecule has 0 saturated carbocycles. The molecule has 10 nitrogen and oxygen atoms in total. The van der Waals surface area contributed by atoms with Crippen molar-refractivity contribution in [2.75, 3.05) is 13.1 Å². The van der Waals surface area contributed by atoms with E-state index in [2.05, 4.69) is 14.9 Å². The number of likely N-dealkylation sites (tertiary alicyclic amines) is 1. The Morgan fingerprint density at radius 1 is 1.10 bits per heavy atom. The van der Waals surface area contributed by atoms with Crippen LogP contribution in [-0.4, -0.2) is 48.6 Å². The number of carboxylic acids is 1. The molecule has 4 heterocycles. The largest absolute Gasteiger partial charge is 0.489 e. The van der Waals surface area contributed by atoms with Crippen LogP contribution in [0.25, 0.3) is 11.0 Å². The SMILES string of the molecule is N#Cc1ccc(COc2ccnc(C3CCN(Cc4nc5ccc(C(=O)O)cc5n4Cc4ncco4)CC3)c2)c(F)c1. The Bertz CT molecular complexity index is 1770. The Hall–Kier alpha value is -5.08. The second-order valence-corrected chi connectivity index (χ2v) is 10.2. The molecule has 5 aromatic rings. The van der Waals surface area contributed by atoms with Gasteiger partial charge >= 0.3 is 5.97 Å². The van der Waals surface area contributed by atoms with Crippen LogP contribution in [0.2, 0.25) is 0 Å². The van der Waals surface area contributed by atoms with E-state index in [-0.39, 0.29) is 23.7 Å². The third-order valence-corrected chi connectivity index (χ3v) is 7.55. The number of ether oxygens (including phenoxy) is 1. The molecule has 6 rings (SSSR count). The summed E-state index contributed by atoms with van der Waals surface area (Å²) in [6.07, 6.45) is 6.60. The zero-order valence-electron chi connectivity index (χ0n) is 22.6. The van der Waals surface area contributed by atoms with Crippen LogP contribution >= 0.6 is 0 Å². The fourth-order valence-corrected chi connectivity index (χ4v) is 5.29. The van der Waals surface area contributed by atoms with Crippen LogP contribution in [-0.2, 0) is 19.7 Å². The fraction of sp³-hybridized carbons (Fsp3) is 0.258. The third-order valence-electron chi connectivity index (χ3n) is 7.55. The molecule has 1 aliphatic heterocycles. The number of rotatable bonds is 9. The summed E-state index contributed by atoms with van der Waals surface area (Å²) in [5.41, 5.74) is 3.23. The number of carboxylic acid groups (broad SMARTS) is 1. The summed E-state index contributed by atoms with van der Waals surface area (Å²) in [7, 11) is 0. The Balaban J connectivity index is 1.12. The predicted octanol–water partition coefficient (Wildman–Crippen LogP) is 5.14. The van der Waals surface area contributed by atoms with E-state index in [1.54, 1.807) is 48.8 Å². The number of benzene rings is 2. The number of hydrogen-bond donors (Lipinski definition) is 1. The van der Waals surface area contributed by atoms with Gasteiger partial charge in [-0.3, -0.25) is 9.88 Å². The van der Waals surface area contributed by atoms with Gasteiger partial charge in [0, 0.05) is 29.4 Å². The lowest BCUT2D eigenvalue weighted by Gasteiger charge is -2.31. The molecular weight excluding hydrogens is 539 g/mol. The molecule has 1 N–H and O–H groups in total. The first-order valence-corrected chi connectivity index (χ1v) is 13.6. The van der Waals surface area contributed by atoms with E-state index in [0.717, 1.165) is 48.5 Å². The van der Waals surface area contributed by atoms with Crippen molar-refractivity contribution in [2.45, 2.75) is 38.5 Å². The molecule has 0 bridgehead atoms. The Morgan fingerprint density at radius 3 is 2.69 bits per heavy atom. The number of aromatic nitrogens is 4. The number of aromatic carboxylic acids is 1. The highest BCUT2D eigenvalue weighted by atomic mass is 19.1. The van der Waals surface area contributed by atoms with Gasteiger partial charge in [0.1, 0.15) is 36.8 Å². The number of imidazole rings is 1. The number of nitrogens with zero attached hydrogens (tertiary/aromatic N) is 6. The van der Waals surface area contributed by atoms with E-state index in [1.165, 1.54) is 12.3 Å². The molecule has 11 heteroatoms. The van der Waals surface area contributed by atoms with Gasteiger partial charge in [0.25, 0.3) is 0 Å². The van der Waals surface area contributed by atoms with Crippen molar-refractivity contribution in [3.8, 4) is 11.8 Å². The molecule has 0 spiro atoms. The topological polar surface area (TPSA) is 130 Å². The normalized spacial score (nSPS) is 14.2. The van der Waals surface area contributed by atoms with E-state index in [4.69, 9.17) is 19.4 Å². The first kappa shape index (κ1) is 27.1. The summed E-state index contributed by atoms with van der Waals surface area (Å²) in [5, 5.41) is 18.4. The predicted molar refractivity (Wildman–Crippen MR) is 149 cm³/mol. The number of halogens is 1. The van der Waals surface area contributed by atoms with Crippen molar-refractivity contribution in [1.29, 1.82) is 5.26 Å². The van der Waals surface area contributed by atoms with Crippen molar-refractivity contribution < 1.29 is 23.4 Å². The summed E-state index contributed by atoms with van der Waals surface area (Å²) >= 11 is 0. The maximum absolute atomic E-state index is 14.2. The van der Waals surface area contributed by atoms with Gasteiger partial charge in [-0.15, -0.1) is 0 Å². The van der Waals surface area contributed by atoms with E-state index in [0.29, 0.717) is 30.3 Å². The summed E-state index contributed by atoms with van der Waals surface area (Å²) in [5.74, 6) is 0.742. The minimum absolute atomic E-state index is 0.0575. The number of oxazole rings is 1. The summed E-state index contributed by atoms with van der Waals surface area (Å²) in [4.78, 5) is 27.6. The van der Waals surface area contributed by atoms with Gasteiger partial charge in [0.15, 0.2) is 0 Å². The molecule has 3 aromatic heterocycles. The number of pyridine rings is 1. The van der Waals surface area contributed by atoms with E-state index in [9.17, 15) is 14.3 Å². The zero-order chi connectivity index (χ0) is 29.1. The van der Waals surface area contributed by atoms with E-state index in [1.807, 2.05) is 16.7 Å². The zero-order valence-corrected chi connectivity index (χ0v) is 22.6.